The molecule has 0 aromatic carbocycles. The summed E-state index contributed by atoms with van der Waals surface area (Å²) in [5.74, 6) is -0.877. The fourth-order valence-corrected chi connectivity index (χ4v) is 3.06. The molecule has 1 saturated heterocycles. The number of hydrogen-bond donors (Lipinski definition) is 2. The van der Waals surface area contributed by atoms with E-state index in [0.29, 0.717) is 38.9 Å². The van der Waals surface area contributed by atoms with Gasteiger partial charge in [0.15, 0.2) is 0 Å². The zero-order valence-electron chi connectivity index (χ0n) is 11.7. The van der Waals surface area contributed by atoms with Crippen LogP contribution in [0.1, 0.15) is 51.4 Å². The molecular weight excluding hydrogens is 262 g/mol. The number of nitrogens with one attached hydrogen (secondary N) is 1. The Bertz CT molecular complexity index is 345. The van der Waals surface area contributed by atoms with Crippen LogP contribution in [0.4, 0.5) is 4.79 Å². The summed E-state index contributed by atoms with van der Waals surface area (Å²) in [6.45, 7) is 1.22. The Morgan fingerprint density at radius 1 is 1.20 bits per heavy atom. The normalized spacial score (nSPS) is 23.0. The van der Waals surface area contributed by atoms with E-state index in [1.54, 1.807) is 0 Å². The van der Waals surface area contributed by atoms with E-state index in [-0.39, 0.29) is 12.5 Å². The molecule has 1 saturated carbocycles. The van der Waals surface area contributed by atoms with Crippen molar-refractivity contribution >= 4 is 12.1 Å². The number of carbonyl (C=O) groups excluding carboxylic acids is 1. The molecule has 114 valence electrons. The first kappa shape index (κ1) is 15.1. The van der Waals surface area contributed by atoms with Crippen molar-refractivity contribution in [2.24, 2.45) is 0 Å². The highest BCUT2D eigenvalue weighted by Crippen LogP contribution is 2.31. The first-order valence-electron chi connectivity index (χ1n) is 7.38. The van der Waals surface area contributed by atoms with E-state index < -0.39 is 17.6 Å². The molecule has 20 heavy (non-hydrogen) atoms. The van der Waals surface area contributed by atoms with Gasteiger partial charge in [-0.05, 0) is 12.8 Å². The van der Waals surface area contributed by atoms with E-state index in [0.717, 1.165) is 19.3 Å². The fourth-order valence-electron chi connectivity index (χ4n) is 3.06. The van der Waals surface area contributed by atoms with Gasteiger partial charge < -0.3 is 19.9 Å². The molecule has 1 amide bonds. The van der Waals surface area contributed by atoms with Crippen LogP contribution in [0.2, 0.25) is 0 Å². The monoisotopic (exact) mass is 285 g/mol. The van der Waals surface area contributed by atoms with Crippen molar-refractivity contribution in [2.45, 2.75) is 63.0 Å². The van der Waals surface area contributed by atoms with Gasteiger partial charge in [0.05, 0.1) is 25.2 Å². The lowest BCUT2D eigenvalue weighted by atomic mass is 9.79. The highest BCUT2D eigenvalue weighted by atomic mass is 16.6. The van der Waals surface area contributed by atoms with E-state index in [1.165, 1.54) is 0 Å². The number of ether oxygens (including phenoxy) is 2. The molecular formula is C14H23NO5. The van der Waals surface area contributed by atoms with E-state index in [4.69, 9.17) is 14.6 Å². The summed E-state index contributed by atoms with van der Waals surface area (Å²) >= 11 is 0. The Labute approximate surface area is 118 Å². The van der Waals surface area contributed by atoms with Crippen molar-refractivity contribution in [1.82, 2.24) is 5.32 Å². The van der Waals surface area contributed by atoms with Crippen molar-refractivity contribution in [1.29, 1.82) is 0 Å². The van der Waals surface area contributed by atoms with E-state index in [9.17, 15) is 9.59 Å². The van der Waals surface area contributed by atoms with Gasteiger partial charge in [0.2, 0.25) is 0 Å². The summed E-state index contributed by atoms with van der Waals surface area (Å²) in [6.07, 6.45) is 5.20. The molecule has 0 aromatic heterocycles. The summed E-state index contributed by atoms with van der Waals surface area (Å²) in [7, 11) is 0. The third-order valence-corrected chi connectivity index (χ3v) is 4.11. The molecule has 2 rings (SSSR count). The fraction of sp³-hybridized carbons (Fsp3) is 0.857. The number of alkyl carbamates (subject to hydrolysis) is 1. The second-order valence-corrected chi connectivity index (χ2v) is 5.75. The molecule has 1 heterocycles. The third kappa shape index (κ3) is 4.37. The summed E-state index contributed by atoms with van der Waals surface area (Å²) in [6, 6.07) is 0. The predicted molar refractivity (Wildman–Crippen MR) is 71.5 cm³/mol. The van der Waals surface area contributed by atoms with Gasteiger partial charge in [-0.25, -0.2) is 4.79 Å². The third-order valence-electron chi connectivity index (χ3n) is 4.11. The lowest BCUT2D eigenvalue weighted by Crippen LogP contribution is -2.52. The molecule has 0 aromatic rings. The smallest absolute Gasteiger partial charge is 0.407 e. The van der Waals surface area contributed by atoms with Crippen LogP contribution in [0.25, 0.3) is 0 Å². The number of carboxylic acids is 1. The Kier molecular flexibility index (Phi) is 5.23. The van der Waals surface area contributed by atoms with Gasteiger partial charge in [0.1, 0.15) is 6.10 Å². The summed E-state index contributed by atoms with van der Waals surface area (Å²) in [4.78, 5) is 23.0. The zero-order chi connectivity index (χ0) is 14.4. The molecule has 0 radical (unpaired) electrons. The summed E-state index contributed by atoms with van der Waals surface area (Å²) in [5.41, 5.74) is -0.633. The topological polar surface area (TPSA) is 84.9 Å². The Hall–Kier alpha value is -1.30. The number of carbonyl (C=O) groups is 2. The second-order valence-electron chi connectivity index (χ2n) is 5.75. The van der Waals surface area contributed by atoms with Gasteiger partial charge in [-0.1, -0.05) is 19.3 Å². The van der Waals surface area contributed by atoms with Crippen LogP contribution in [-0.2, 0) is 14.3 Å². The molecule has 0 atom stereocenters. The number of aliphatic carboxylic acids is 1. The number of rotatable bonds is 4. The highest BCUT2D eigenvalue weighted by molar-refractivity contribution is 5.72. The van der Waals surface area contributed by atoms with Gasteiger partial charge in [0.25, 0.3) is 0 Å². The Morgan fingerprint density at radius 2 is 1.85 bits per heavy atom. The molecule has 1 aliphatic heterocycles. The minimum atomic E-state index is -0.877. The minimum Gasteiger partial charge on any atom is -0.481 e. The maximum atomic E-state index is 12.0. The number of carboxylic acid groups (broad SMARTS) is 1. The standard InChI is InChI=1S/C14H23NO5/c16-12(17)10-14(6-2-1-3-7-14)15-13(18)20-11-4-8-19-9-5-11/h11H,1-10H2,(H,15,18)(H,16,17). The molecule has 6 nitrogen and oxygen atoms in total. The zero-order valence-corrected chi connectivity index (χ0v) is 11.7. The van der Waals surface area contributed by atoms with Gasteiger partial charge in [0, 0.05) is 12.8 Å². The van der Waals surface area contributed by atoms with Crippen molar-refractivity contribution in [3.8, 4) is 0 Å². The largest absolute Gasteiger partial charge is 0.481 e. The summed E-state index contributed by atoms with van der Waals surface area (Å²) in [5, 5.41) is 11.9. The van der Waals surface area contributed by atoms with Gasteiger partial charge in [-0.3, -0.25) is 4.79 Å². The Morgan fingerprint density at radius 3 is 2.45 bits per heavy atom. The lowest BCUT2D eigenvalue weighted by molar-refractivity contribution is -0.139. The van der Waals surface area contributed by atoms with Gasteiger partial charge in [-0.15, -0.1) is 0 Å². The minimum absolute atomic E-state index is 0.0319. The van der Waals surface area contributed by atoms with Crippen molar-refractivity contribution in [3.63, 3.8) is 0 Å². The molecule has 2 aliphatic rings. The van der Waals surface area contributed by atoms with Crippen molar-refractivity contribution in [2.75, 3.05) is 13.2 Å². The lowest BCUT2D eigenvalue weighted by Gasteiger charge is -2.37. The molecule has 6 heteroatoms. The van der Waals surface area contributed by atoms with Crippen LogP contribution in [0.3, 0.4) is 0 Å². The molecule has 2 fully saturated rings. The first-order chi connectivity index (χ1) is 9.60. The van der Waals surface area contributed by atoms with Crippen LogP contribution in [0.15, 0.2) is 0 Å². The van der Waals surface area contributed by atoms with Gasteiger partial charge in [-0.2, -0.15) is 0 Å². The van der Waals surface area contributed by atoms with Crippen LogP contribution >= 0.6 is 0 Å². The molecule has 2 N–H and O–H groups in total. The van der Waals surface area contributed by atoms with E-state index in [2.05, 4.69) is 5.32 Å². The van der Waals surface area contributed by atoms with Crippen LogP contribution in [0, 0.1) is 0 Å². The predicted octanol–water partition coefficient (Wildman–Crippen LogP) is 2.07. The van der Waals surface area contributed by atoms with Crippen LogP contribution in [-0.4, -0.2) is 42.0 Å². The maximum absolute atomic E-state index is 12.0. The highest BCUT2D eigenvalue weighted by Gasteiger charge is 2.36. The summed E-state index contributed by atoms with van der Waals surface area (Å²) < 4.78 is 10.6. The second kappa shape index (κ2) is 6.92. The average Bonchev–Trinajstić information content (AvgIpc) is 2.39. The van der Waals surface area contributed by atoms with Crippen molar-refractivity contribution in [3.05, 3.63) is 0 Å². The molecule has 0 bridgehead atoms. The maximum Gasteiger partial charge on any atom is 0.407 e. The van der Waals surface area contributed by atoms with Crippen LogP contribution < -0.4 is 5.32 Å². The first-order valence-corrected chi connectivity index (χ1v) is 7.38. The van der Waals surface area contributed by atoms with Crippen LogP contribution in [0.5, 0.6) is 0 Å². The average molecular weight is 285 g/mol. The quantitative estimate of drug-likeness (QED) is 0.826. The number of hydrogen-bond acceptors (Lipinski definition) is 4. The van der Waals surface area contributed by atoms with Crippen molar-refractivity contribution < 1.29 is 24.2 Å². The van der Waals surface area contributed by atoms with E-state index in [1.807, 2.05) is 0 Å². The van der Waals surface area contributed by atoms with E-state index >= 15 is 0 Å². The molecule has 0 unspecified atom stereocenters. The van der Waals surface area contributed by atoms with Gasteiger partial charge >= 0.3 is 12.1 Å². The Balaban J connectivity index is 1.89. The number of amides is 1. The molecule has 1 aliphatic carbocycles. The molecule has 0 spiro atoms. The SMILES string of the molecule is O=C(O)CC1(NC(=O)OC2CCOCC2)CCCCC1.